The number of halogens is 12. The van der Waals surface area contributed by atoms with Crippen LogP contribution in [0, 0.1) is 0 Å². The molecule has 14 heteroatoms. The molecule has 0 aromatic heterocycles. The molecule has 0 heterocycles. The first-order valence-electron chi connectivity index (χ1n) is 8.35. The van der Waals surface area contributed by atoms with Crippen molar-refractivity contribution in [1.29, 1.82) is 0 Å². The van der Waals surface area contributed by atoms with Crippen LogP contribution in [0.4, 0.5) is 52.7 Å². The van der Waals surface area contributed by atoms with Crippen molar-refractivity contribution in [2.75, 3.05) is 0 Å². The molecule has 0 N–H and O–H groups in total. The summed E-state index contributed by atoms with van der Waals surface area (Å²) in [6, 6.07) is -1.37. The Morgan fingerprint density at radius 1 is 0.429 bits per heavy atom. The molecule has 0 unspecified atom stereocenters. The van der Waals surface area contributed by atoms with Crippen LogP contribution < -0.4 is 0 Å². The van der Waals surface area contributed by atoms with Crippen LogP contribution in [0.25, 0.3) is 0 Å². The van der Waals surface area contributed by atoms with Crippen molar-refractivity contribution in [2.45, 2.75) is 86.7 Å². The van der Waals surface area contributed by atoms with E-state index >= 15 is 0 Å². The third-order valence-corrected chi connectivity index (χ3v) is 7.06. The SMILES string of the molecule is C[SiH](C)CCC(F)(F)C(F)(F)C(F)(F)C(F)(F)C(F)(F)C(F)(F)CC[SiH](C)C. The van der Waals surface area contributed by atoms with E-state index in [0.717, 1.165) is 0 Å². The zero-order valence-corrected chi connectivity index (χ0v) is 17.8. The third-order valence-electron chi connectivity index (χ3n) is 4.17. The normalized spacial score (nSPS) is 15.6. The van der Waals surface area contributed by atoms with Crippen LogP contribution in [0.5, 0.6) is 0 Å². The summed E-state index contributed by atoms with van der Waals surface area (Å²) in [5, 5.41) is 0. The van der Waals surface area contributed by atoms with Gasteiger partial charge in [-0.1, -0.05) is 38.3 Å². The van der Waals surface area contributed by atoms with Crippen molar-refractivity contribution in [3.8, 4) is 0 Å². The molecule has 0 aromatic carbocycles. The topological polar surface area (TPSA) is 0 Å². The Labute approximate surface area is 157 Å². The van der Waals surface area contributed by atoms with E-state index in [1.54, 1.807) is 0 Å². The molecule has 0 saturated heterocycles. The van der Waals surface area contributed by atoms with Crippen LogP contribution >= 0.6 is 0 Å². The minimum absolute atomic E-state index is 0.685. The van der Waals surface area contributed by atoms with Gasteiger partial charge in [-0.25, -0.2) is 0 Å². The molecule has 0 aromatic rings. The van der Waals surface area contributed by atoms with Crippen LogP contribution in [0.3, 0.4) is 0 Å². The summed E-state index contributed by atoms with van der Waals surface area (Å²) in [6.45, 7) is 5.48. The van der Waals surface area contributed by atoms with E-state index in [2.05, 4.69) is 0 Å². The minimum Gasteiger partial charge on any atom is -0.200 e. The van der Waals surface area contributed by atoms with E-state index < -0.39 is 78.1 Å². The van der Waals surface area contributed by atoms with Gasteiger partial charge in [0, 0.05) is 30.4 Å². The minimum atomic E-state index is -7.43. The zero-order valence-electron chi connectivity index (χ0n) is 15.5. The van der Waals surface area contributed by atoms with Gasteiger partial charge >= 0.3 is 35.5 Å². The Morgan fingerprint density at radius 2 is 0.643 bits per heavy atom. The van der Waals surface area contributed by atoms with E-state index in [1.807, 2.05) is 0 Å². The number of alkyl halides is 12. The molecule has 0 bridgehead atoms. The summed E-state index contributed by atoms with van der Waals surface area (Å²) in [6.07, 6.45) is -3.92. The first kappa shape index (κ1) is 27.6. The van der Waals surface area contributed by atoms with Crippen molar-refractivity contribution in [3.63, 3.8) is 0 Å². The molecule has 0 nitrogen and oxygen atoms in total. The standard InChI is InChI=1S/C14H22F12Si2/c1-27(2)7-5-9(15,16)11(19,20)13(23,24)14(25,26)12(21,22)10(17,18)6-8-28(3)4/h27-28H,5-8H2,1-4H3. The van der Waals surface area contributed by atoms with Gasteiger partial charge in [0.1, 0.15) is 0 Å². The Hall–Kier alpha value is -0.406. The average molecular weight is 474 g/mol. The van der Waals surface area contributed by atoms with Crippen LogP contribution in [0.15, 0.2) is 0 Å². The summed E-state index contributed by atoms with van der Waals surface area (Å²) in [7, 11) is -4.06. The van der Waals surface area contributed by atoms with Gasteiger partial charge in [0.2, 0.25) is 0 Å². The fourth-order valence-corrected chi connectivity index (χ4v) is 3.99. The first-order chi connectivity index (χ1) is 12.1. The van der Waals surface area contributed by atoms with Gasteiger partial charge in [-0.05, 0) is 0 Å². The van der Waals surface area contributed by atoms with Crippen molar-refractivity contribution in [3.05, 3.63) is 0 Å². The molecule has 0 rings (SSSR count). The van der Waals surface area contributed by atoms with E-state index in [-0.39, 0.29) is 0 Å². The Kier molecular flexibility index (Phi) is 8.26. The summed E-state index contributed by atoms with van der Waals surface area (Å²) in [5.41, 5.74) is 0. The number of hydrogen-bond acceptors (Lipinski definition) is 0. The second kappa shape index (κ2) is 8.38. The monoisotopic (exact) mass is 474 g/mol. The lowest BCUT2D eigenvalue weighted by atomic mass is 9.90. The van der Waals surface area contributed by atoms with Crippen LogP contribution in [0.2, 0.25) is 38.3 Å². The van der Waals surface area contributed by atoms with E-state index in [1.165, 1.54) is 26.2 Å². The molecule has 0 amide bonds. The highest BCUT2D eigenvalue weighted by molar-refractivity contribution is 6.55. The number of rotatable bonds is 11. The lowest BCUT2D eigenvalue weighted by Crippen LogP contribution is -2.70. The number of hydrogen-bond donors (Lipinski definition) is 0. The molecule has 0 fully saturated rings. The first-order valence-corrected chi connectivity index (χ1v) is 14.6. The summed E-state index contributed by atoms with van der Waals surface area (Å²) < 4.78 is 163. The van der Waals surface area contributed by atoms with E-state index in [9.17, 15) is 52.7 Å². The predicted octanol–water partition coefficient (Wildman–Crippen LogP) is 6.55. The van der Waals surface area contributed by atoms with E-state index in [0.29, 0.717) is 0 Å². The van der Waals surface area contributed by atoms with Gasteiger partial charge in [0.15, 0.2) is 0 Å². The highest BCUT2D eigenvalue weighted by atomic mass is 28.3. The van der Waals surface area contributed by atoms with Crippen LogP contribution in [-0.2, 0) is 0 Å². The molecule has 0 radical (unpaired) electrons. The predicted molar refractivity (Wildman–Crippen MR) is 86.3 cm³/mol. The molecule has 0 aliphatic carbocycles. The lowest BCUT2D eigenvalue weighted by molar-refractivity contribution is -0.425. The Balaban J connectivity index is 6.06. The second-order valence-electron chi connectivity index (χ2n) is 7.57. The quantitative estimate of drug-likeness (QED) is 0.235. The maximum Gasteiger partial charge on any atom is 0.384 e. The summed E-state index contributed by atoms with van der Waals surface area (Å²) >= 11 is 0. The molecule has 0 saturated carbocycles. The second-order valence-corrected chi connectivity index (χ2v) is 14.3. The van der Waals surface area contributed by atoms with Crippen molar-refractivity contribution >= 4 is 17.6 Å². The van der Waals surface area contributed by atoms with Crippen molar-refractivity contribution < 1.29 is 52.7 Å². The lowest BCUT2D eigenvalue weighted by Gasteiger charge is -2.41. The summed E-state index contributed by atoms with van der Waals surface area (Å²) in [5.74, 6) is -40.4. The molecule has 170 valence electrons. The van der Waals surface area contributed by atoms with Gasteiger partial charge in [-0.2, -0.15) is 52.7 Å². The maximum atomic E-state index is 13.7. The van der Waals surface area contributed by atoms with Gasteiger partial charge in [0.25, 0.3) is 0 Å². The third kappa shape index (κ3) is 4.83. The molecule has 0 aliphatic rings. The smallest absolute Gasteiger partial charge is 0.200 e. The Morgan fingerprint density at radius 3 is 0.821 bits per heavy atom. The Bertz CT molecular complexity index is 470. The summed E-state index contributed by atoms with van der Waals surface area (Å²) in [4.78, 5) is 0. The van der Waals surface area contributed by atoms with Crippen LogP contribution in [-0.4, -0.2) is 53.1 Å². The van der Waals surface area contributed by atoms with Crippen molar-refractivity contribution in [2.24, 2.45) is 0 Å². The molecule has 28 heavy (non-hydrogen) atoms. The van der Waals surface area contributed by atoms with Gasteiger partial charge in [-0.15, -0.1) is 0 Å². The zero-order chi connectivity index (χ0) is 23.0. The highest BCUT2D eigenvalue weighted by Crippen LogP contribution is 2.61. The van der Waals surface area contributed by atoms with E-state index in [4.69, 9.17) is 0 Å². The van der Waals surface area contributed by atoms with Crippen LogP contribution in [0.1, 0.15) is 12.8 Å². The molecule has 0 spiro atoms. The fraction of sp³-hybridized carbons (Fsp3) is 1.00. The van der Waals surface area contributed by atoms with Crippen molar-refractivity contribution in [1.82, 2.24) is 0 Å². The van der Waals surface area contributed by atoms with Gasteiger partial charge in [0.05, 0.1) is 0 Å². The molecule has 0 atom stereocenters. The molecular weight excluding hydrogens is 452 g/mol. The molecular formula is C14H22F12Si2. The largest absolute Gasteiger partial charge is 0.384 e. The van der Waals surface area contributed by atoms with Gasteiger partial charge in [-0.3, -0.25) is 0 Å². The van der Waals surface area contributed by atoms with Gasteiger partial charge < -0.3 is 0 Å². The molecule has 0 aliphatic heterocycles. The highest BCUT2D eigenvalue weighted by Gasteiger charge is 2.89. The maximum absolute atomic E-state index is 13.7. The fourth-order valence-electron chi connectivity index (χ4n) is 2.11. The average Bonchev–Trinajstić information content (AvgIpc) is 2.50.